The summed E-state index contributed by atoms with van der Waals surface area (Å²) in [6, 6.07) is 45.8. The zero-order valence-electron chi connectivity index (χ0n) is 33.0. The van der Waals surface area contributed by atoms with E-state index in [0.29, 0.717) is 11.8 Å². The molecule has 13 rings (SSSR count). The third kappa shape index (κ3) is 3.31. The van der Waals surface area contributed by atoms with Crippen LogP contribution in [0.2, 0.25) is 0 Å². The SMILES string of the molecule is CCC(C)c1cc2c3c(c1)c1cc(C(C)CC)cc4c1n3-c1c(ccc3c1B2c1cc2ccccc2c2c(C)c(C)n-3c12)C41c2ccccc2-c2ccccc21. The van der Waals surface area contributed by atoms with Gasteiger partial charge in [-0.2, -0.15) is 0 Å². The standard InChI is InChI=1S/C53H43BN2/c1-7-28(3)33-23-38-39-24-34(29(4)8-2)27-44-50(39)56-49(38)43(25-33)53(40-19-13-11-17-36(40)37-18-12-14-20-41(37)53)42-21-22-46-48(51(42)56)54(44)45-26-32-15-9-10-16-35(32)47-30(5)31(6)55(46)52(45)47/h9-29H,7-8H2,1-6H3. The lowest BCUT2D eigenvalue weighted by Gasteiger charge is -2.44. The highest BCUT2D eigenvalue weighted by Gasteiger charge is 2.54. The van der Waals surface area contributed by atoms with Gasteiger partial charge in [-0.3, -0.25) is 0 Å². The van der Waals surface area contributed by atoms with Crippen LogP contribution < -0.4 is 16.4 Å². The molecule has 268 valence electrons. The van der Waals surface area contributed by atoms with E-state index < -0.39 is 5.41 Å². The maximum Gasteiger partial charge on any atom is 0.252 e. The van der Waals surface area contributed by atoms with Gasteiger partial charge in [-0.15, -0.1) is 0 Å². The lowest BCUT2D eigenvalue weighted by molar-refractivity contribution is 0.717. The molecule has 0 fully saturated rings. The average molecular weight is 719 g/mol. The maximum absolute atomic E-state index is 2.77. The molecule has 1 aliphatic carbocycles. The van der Waals surface area contributed by atoms with E-state index in [1.54, 1.807) is 0 Å². The van der Waals surface area contributed by atoms with Crippen molar-refractivity contribution in [2.45, 2.75) is 71.6 Å². The molecule has 2 nitrogen and oxygen atoms in total. The van der Waals surface area contributed by atoms with Crippen LogP contribution in [-0.4, -0.2) is 15.8 Å². The molecule has 0 saturated heterocycles. The topological polar surface area (TPSA) is 9.86 Å². The van der Waals surface area contributed by atoms with Crippen molar-refractivity contribution in [3.05, 3.63) is 160 Å². The minimum Gasteiger partial charge on any atom is -0.315 e. The molecule has 0 saturated carbocycles. The summed E-state index contributed by atoms with van der Waals surface area (Å²) in [6.45, 7) is 14.4. The molecule has 3 aliphatic heterocycles. The van der Waals surface area contributed by atoms with Gasteiger partial charge in [0.1, 0.15) is 0 Å². The predicted molar refractivity (Wildman–Crippen MR) is 238 cm³/mol. The van der Waals surface area contributed by atoms with E-state index in [2.05, 4.69) is 166 Å². The first kappa shape index (κ1) is 31.4. The second kappa shape index (κ2) is 10.3. The normalized spacial score (nSPS) is 15.8. The van der Waals surface area contributed by atoms with Gasteiger partial charge < -0.3 is 9.13 Å². The Morgan fingerprint density at radius 2 is 1.20 bits per heavy atom. The van der Waals surface area contributed by atoms with E-state index in [0.717, 1.165) is 12.8 Å². The van der Waals surface area contributed by atoms with Gasteiger partial charge in [0.15, 0.2) is 0 Å². The van der Waals surface area contributed by atoms with Gasteiger partial charge in [0.25, 0.3) is 6.71 Å². The third-order valence-corrected chi connectivity index (χ3v) is 15.3. The lowest BCUT2D eigenvalue weighted by atomic mass is 9.33. The Balaban J connectivity index is 1.33. The molecule has 2 unspecified atom stereocenters. The van der Waals surface area contributed by atoms with E-state index in [-0.39, 0.29) is 6.71 Å². The monoisotopic (exact) mass is 718 g/mol. The van der Waals surface area contributed by atoms with E-state index in [1.165, 1.54) is 127 Å². The molecule has 2 aromatic heterocycles. The average Bonchev–Trinajstić information content (AvgIpc) is 3.83. The number of nitrogens with zero attached hydrogens (tertiary/aromatic N) is 2. The van der Waals surface area contributed by atoms with Gasteiger partial charge >= 0.3 is 0 Å². The Morgan fingerprint density at radius 1 is 0.571 bits per heavy atom. The zero-order chi connectivity index (χ0) is 37.5. The van der Waals surface area contributed by atoms with Gasteiger partial charge in [-0.05, 0) is 134 Å². The highest BCUT2D eigenvalue weighted by Crippen LogP contribution is 2.62. The van der Waals surface area contributed by atoms with Crippen LogP contribution in [-0.2, 0) is 5.41 Å². The molecular formula is C53H43BN2. The molecule has 2 atom stereocenters. The Hall–Kier alpha value is -5.80. The van der Waals surface area contributed by atoms with Gasteiger partial charge in [0.2, 0.25) is 0 Å². The molecule has 5 heterocycles. The number of hydrogen-bond donors (Lipinski definition) is 0. The van der Waals surface area contributed by atoms with Crippen LogP contribution in [0, 0.1) is 13.8 Å². The van der Waals surface area contributed by atoms with Gasteiger partial charge in [-0.1, -0.05) is 125 Å². The summed E-state index contributed by atoms with van der Waals surface area (Å²) in [7, 11) is 0. The van der Waals surface area contributed by atoms with Crippen molar-refractivity contribution >= 4 is 66.6 Å². The molecule has 0 amide bonds. The number of benzene rings is 7. The molecule has 0 radical (unpaired) electrons. The molecular weight excluding hydrogens is 675 g/mol. The summed E-state index contributed by atoms with van der Waals surface area (Å²) in [5.41, 5.74) is 24.9. The van der Waals surface area contributed by atoms with E-state index in [9.17, 15) is 0 Å². The van der Waals surface area contributed by atoms with Crippen molar-refractivity contribution in [1.82, 2.24) is 9.13 Å². The quantitative estimate of drug-likeness (QED) is 0.160. The van der Waals surface area contributed by atoms with Crippen LogP contribution in [0.3, 0.4) is 0 Å². The summed E-state index contributed by atoms with van der Waals surface area (Å²) < 4.78 is 5.41. The molecule has 7 aromatic carbocycles. The largest absolute Gasteiger partial charge is 0.315 e. The summed E-state index contributed by atoms with van der Waals surface area (Å²) >= 11 is 0. The fraction of sp³-hybridized carbons (Fsp3) is 0.208. The molecule has 0 bridgehead atoms. The van der Waals surface area contributed by atoms with Crippen molar-refractivity contribution in [1.29, 1.82) is 0 Å². The van der Waals surface area contributed by atoms with Gasteiger partial charge in [0.05, 0.1) is 10.9 Å². The third-order valence-electron chi connectivity index (χ3n) is 15.3. The van der Waals surface area contributed by atoms with Crippen LogP contribution in [0.1, 0.15) is 97.0 Å². The zero-order valence-corrected chi connectivity index (χ0v) is 33.0. The summed E-state index contributed by atoms with van der Waals surface area (Å²) in [4.78, 5) is 0. The number of rotatable bonds is 4. The van der Waals surface area contributed by atoms with Crippen molar-refractivity contribution in [2.75, 3.05) is 0 Å². The Kier molecular flexibility index (Phi) is 5.79. The number of hydrogen-bond acceptors (Lipinski definition) is 0. The molecule has 0 N–H and O–H groups in total. The highest BCUT2D eigenvalue weighted by atomic mass is 15.1. The van der Waals surface area contributed by atoms with Crippen LogP contribution >= 0.6 is 0 Å². The summed E-state index contributed by atoms with van der Waals surface area (Å²) in [5.74, 6) is 0.898. The van der Waals surface area contributed by atoms with E-state index >= 15 is 0 Å². The Morgan fingerprint density at radius 3 is 1.91 bits per heavy atom. The number of aryl methyl sites for hydroxylation is 1. The smallest absolute Gasteiger partial charge is 0.252 e. The molecule has 4 aliphatic rings. The molecule has 1 spiro atoms. The van der Waals surface area contributed by atoms with Crippen LogP contribution in [0.5, 0.6) is 0 Å². The summed E-state index contributed by atoms with van der Waals surface area (Å²) in [5, 5.41) is 6.94. The molecule has 56 heavy (non-hydrogen) atoms. The lowest BCUT2D eigenvalue weighted by Crippen LogP contribution is -2.60. The van der Waals surface area contributed by atoms with Gasteiger partial charge in [0, 0.05) is 44.3 Å². The predicted octanol–water partition coefficient (Wildman–Crippen LogP) is 11.3. The van der Waals surface area contributed by atoms with E-state index in [1.807, 2.05) is 0 Å². The minimum absolute atomic E-state index is 0.108. The first-order valence-corrected chi connectivity index (χ1v) is 20.9. The fourth-order valence-electron chi connectivity index (χ4n) is 12.2. The second-order valence-corrected chi connectivity index (χ2v) is 17.6. The Bertz CT molecular complexity index is 3250. The van der Waals surface area contributed by atoms with Crippen LogP contribution in [0.15, 0.2) is 115 Å². The second-order valence-electron chi connectivity index (χ2n) is 17.6. The van der Waals surface area contributed by atoms with Crippen molar-refractivity contribution in [3.63, 3.8) is 0 Å². The minimum atomic E-state index is -0.453. The van der Waals surface area contributed by atoms with E-state index in [4.69, 9.17) is 0 Å². The first-order chi connectivity index (χ1) is 27.4. The van der Waals surface area contributed by atoms with Crippen LogP contribution in [0.25, 0.3) is 66.0 Å². The molecule has 9 aromatic rings. The highest BCUT2D eigenvalue weighted by molar-refractivity contribution is 7.00. The Labute approximate surface area is 328 Å². The van der Waals surface area contributed by atoms with Crippen molar-refractivity contribution < 1.29 is 0 Å². The van der Waals surface area contributed by atoms with Crippen molar-refractivity contribution in [3.8, 4) is 22.5 Å². The fourth-order valence-corrected chi connectivity index (χ4v) is 12.2. The molecule has 3 heteroatoms. The number of aromatic nitrogens is 2. The van der Waals surface area contributed by atoms with Crippen molar-refractivity contribution in [2.24, 2.45) is 0 Å². The summed E-state index contributed by atoms with van der Waals surface area (Å²) in [6.07, 6.45) is 2.22. The maximum atomic E-state index is 2.77. The van der Waals surface area contributed by atoms with Gasteiger partial charge in [-0.25, -0.2) is 0 Å². The number of fused-ring (bicyclic) bond motifs is 13. The van der Waals surface area contributed by atoms with Crippen LogP contribution in [0.4, 0.5) is 0 Å². The first-order valence-electron chi connectivity index (χ1n) is 20.9.